The molecule has 14 nitrogen and oxygen atoms in total. The minimum Gasteiger partial charge on any atom is -0.512 e. The topological polar surface area (TPSA) is 168 Å². The maximum atomic E-state index is 12.6. The van der Waals surface area contributed by atoms with Gasteiger partial charge >= 0.3 is 11.9 Å². The molecule has 0 aliphatic carbocycles. The Kier molecular flexibility index (Phi) is 11.6. The number of aliphatic carboxylic acids is 2. The number of hydrogen-bond acceptors (Lipinski definition) is 10. The molecule has 1 aromatic rings. The smallest absolute Gasteiger partial charge is 0.317 e. The second-order valence-electron chi connectivity index (χ2n) is 8.62. The first kappa shape index (κ1) is 28.2. The van der Waals surface area contributed by atoms with Gasteiger partial charge in [-0.1, -0.05) is 11.8 Å². The monoisotopic (exact) mass is 496 g/mol. The largest absolute Gasteiger partial charge is 0.512 e. The first-order chi connectivity index (χ1) is 16.6. The molecule has 1 saturated heterocycles. The number of carboxylic acids is 2. The molecule has 196 valence electrons. The molecule has 0 spiro atoms. The fraction of sp³-hybridized carbons (Fsp3) is 0.667. The van der Waals surface area contributed by atoms with Gasteiger partial charge < -0.3 is 20.6 Å². The number of carbonyl (C=O) groups excluding carboxylic acids is 1. The number of carbonyl (C=O) groups is 3. The van der Waals surface area contributed by atoms with Crippen molar-refractivity contribution in [3.63, 3.8) is 0 Å². The normalized spacial score (nSPS) is 17.9. The third-order valence-electron chi connectivity index (χ3n) is 5.54. The first-order valence-electron chi connectivity index (χ1n) is 11.4. The van der Waals surface area contributed by atoms with E-state index >= 15 is 0 Å². The molecule has 0 saturated carbocycles. The van der Waals surface area contributed by atoms with Gasteiger partial charge in [-0.2, -0.15) is 0 Å². The maximum absolute atomic E-state index is 12.6. The van der Waals surface area contributed by atoms with Crippen molar-refractivity contribution in [3.05, 3.63) is 24.2 Å². The highest BCUT2D eigenvalue weighted by Crippen LogP contribution is 2.03. The Labute approximate surface area is 204 Å². The lowest BCUT2D eigenvalue weighted by atomic mass is 10.3. The molecule has 0 aromatic carbocycles. The summed E-state index contributed by atoms with van der Waals surface area (Å²) in [4.78, 5) is 42.7. The molecule has 1 aliphatic rings. The van der Waals surface area contributed by atoms with E-state index in [1.54, 1.807) is 27.7 Å². The average molecular weight is 497 g/mol. The predicted molar refractivity (Wildman–Crippen MR) is 126 cm³/mol. The third kappa shape index (κ3) is 11.8. The van der Waals surface area contributed by atoms with Crippen LogP contribution < -0.4 is 5.32 Å². The number of aliphatic hydroxyl groups is 1. The van der Waals surface area contributed by atoms with Gasteiger partial charge in [-0.3, -0.25) is 38.7 Å². The molecule has 14 heteroatoms. The van der Waals surface area contributed by atoms with Gasteiger partial charge in [0.05, 0.1) is 38.5 Å². The van der Waals surface area contributed by atoms with Gasteiger partial charge in [0.2, 0.25) is 5.91 Å². The number of aliphatic hydroxyl groups excluding tert-OH is 1. The number of aromatic nitrogens is 3. The van der Waals surface area contributed by atoms with Crippen molar-refractivity contribution in [2.75, 3.05) is 78.5 Å². The molecule has 1 amide bonds. The molecule has 0 bridgehead atoms. The van der Waals surface area contributed by atoms with Gasteiger partial charge in [0.25, 0.3) is 0 Å². The summed E-state index contributed by atoms with van der Waals surface area (Å²) >= 11 is 0. The van der Waals surface area contributed by atoms with Crippen molar-refractivity contribution in [3.8, 4) is 0 Å². The second kappa shape index (κ2) is 14.4. The number of aryl methyl sites for hydroxylation is 1. The van der Waals surface area contributed by atoms with E-state index in [2.05, 4.69) is 22.2 Å². The summed E-state index contributed by atoms with van der Waals surface area (Å²) in [7, 11) is 1.74. The zero-order chi connectivity index (χ0) is 25.8. The Hall–Kier alpha value is -3.07. The first-order valence-corrected chi connectivity index (χ1v) is 11.4. The number of rotatable bonds is 10. The van der Waals surface area contributed by atoms with Crippen LogP contribution in [0.2, 0.25) is 0 Å². The van der Waals surface area contributed by atoms with Crippen molar-refractivity contribution >= 4 is 17.8 Å². The number of nitrogens with one attached hydrogen (secondary N) is 1. The fourth-order valence-electron chi connectivity index (χ4n) is 3.78. The summed E-state index contributed by atoms with van der Waals surface area (Å²) in [6, 6.07) is 0. The van der Waals surface area contributed by atoms with E-state index in [9.17, 15) is 29.7 Å². The highest BCUT2D eigenvalue weighted by Gasteiger charge is 2.20. The van der Waals surface area contributed by atoms with Crippen molar-refractivity contribution in [2.24, 2.45) is 7.05 Å². The highest BCUT2D eigenvalue weighted by molar-refractivity contribution is 5.78. The van der Waals surface area contributed by atoms with Crippen molar-refractivity contribution in [2.45, 2.75) is 6.54 Å². The molecule has 4 N–H and O–H groups in total. The van der Waals surface area contributed by atoms with Gasteiger partial charge in [0.15, 0.2) is 0 Å². The van der Waals surface area contributed by atoms with E-state index in [4.69, 9.17) is 0 Å². The average Bonchev–Trinajstić information content (AvgIpc) is 3.18. The molecule has 0 radical (unpaired) electrons. The summed E-state index contributed by atoms with van der Waals surface area (Å²) in [5, 5.41) is 38.8. The van der Waals surface area contributed by atoms with E-state index in [-0.39, 0.29) is 44.4 Å². The van der Waals surface area contributed by atoms with Crippen LogP contribution in [0, 0.1) is 0 Å². The van der Waals surface area contributed by atoms with Crippen LogP contribution in [0.3, 0.4) is 0 Å². The molecular weight excluding hydrogens is 460 g/mol. The number of hydrogen-bond donors (Lipinski definition) is 4. The quantitative estimate of drug-likeness (QED) is 0.261. The van der Waals surface area contributed by atoms with Crippen LogP contribution in [0.5, 0.6) is 0 Å². The number of amides is 1. The number of nitrogens with zero attached hydrogens (tertiary/aromatic N) is 7. The Morgan fingerprint density at radius 1 is 0.829 bits per heavy atom. The molecule has 2 rings (SSSR count). The zero-order valence-electron chi connectivity index (χ0n) is 20.2. The van der Waals surface area contributed by atoms with Crippen LogP contribution in [0.4, 0.5) is 0 Å². The third-order valence-corrected chi connectivity index (χ3v) is 5.54. The van der Waals surface area contributed by atoms with Gasteiger partial charge in [0, 0.05) is 65.6 Å². The Morgan fingerprint density at radius 2 is 1.26 bits per heavy atom. The minimum absolute atomic E-state index is 0.00895. The maximum Gasteiger partial charge on any atom is 0.317 e. The number of carboxylic acid groups (broad SMARTS) is 2. The van der Waals surface area contributed by atoms with Gasteiger partial charge in [-0.25, -0.2) is 0 Å². The lowest BCUT2D eigenvalue weighted by molar-refractivity contribution is -0.139. The standard InChI is InChI=1S/C21H36N8O6/c1-17(30)12-26-3-7-28(15-20(32)33)9-5-27(6-10-29(8-4-26)16-21(34)35)14-19(31)22-11-18-13-25(2)24-23-18/h13,30H,1,3-12,14-16H2,2H3,(H,22,31)(H,32,33)(H,34,35). The molecule has 1 aliphatic heterocycles. The Bertz CT molecular complexity index is 831. The lowest BCUT2D eigenvalue weighted by Crippen LogP contribution is -2.49. The summed E-state index contributed by atoms with van der Waals surface area (Å²) in [5.74, 6) is -2.12. The van der Waals surface area contributed by atoms with E-state index < -0.39 is 11.9 Å². The van der Waals surface area contributed by atoms with Crippen LogP contribution >= 0.6 is 0 Å². The lowest BCUT2D eigenvalue weighted by Gasteiger charge is -2.33. The molecule has 1 aromatic heterocycles. The molecule has 1 fully saturated rings. The fourth-order valence-corrected chi connectivity index (χ4v) is 3.78. The molecular formula is C21H36N8O6. The summed E-state index contributed by atoms with van der Waals surface area (Å²) in [6.45, 7) is 7.30. The van der Waals surface area contributed by atoms with Crippen LogP contribution in [-0.2, 0) is 28.0 Å². The van der Waals surface area contributed by atoms with Gasteiger partial charge in [-0.15, -0.1) is 5.10 Å². The van der Waals surface area contributed by atoms with E-state index in [0.29, 0.717) is 58.1 Å². The van der Waals surface area contributed by atoms with E-state index in [1.807, 2.05) is 9.80 Å². The van der Waals surface area contributed by atoms with E-state index in [1.165, 1.54) is 0 Å². The summed E-state index contributed by atoms with van der Waals surface area (Å²) < 4.78 is 1.55. The van der Waals surface area contributed by atoms with Crippen LogP contribution in [0.15, 0.2) is 18.5 Å². The van der Waals surface area contributed by atoms with Gasteiger partial charge in [-0.05, 0) is 0 Å². The zero-order valence-corrected chi connectivity index (χ0v) is 20.2. The second-order valence-corrected chi connectivity index (χ2v) is 8.62. The predicted octanol–water partition coefficient (Wildman–Crippen LogP) is -2.11. The molecule has 2 heterocycles. The minimum atomic E-state index is -0.948. The van der Waals surface area contributed by atoms with Crippen LogP contribution in [0.25, 0.3) is 0 Å². The molecule has 0 unspecified atom stereocenters. The summed E-state index contributed by atoms with van der Waals surface area (Å²) in [6.07, 6.45) is 1.71. The van der Waals surface area contributed by atoms with Crippen LogP contribution in [-0.4, -0.2) is 146 Å². The van der Waals surface area contributed by atoms with Crippen molar-refractivity contribution in [1.29, 1.82) is 0 Å². The molecule has 0 atom stereocenters. The summed E-state index contributed by atoms with van der Waals surface area (Å²) in [5.41, 5.74) is 0.630. The van der Waals surface area contributed by atoms with Crippen LogP contribution in [0.1, 0.15) is 5.69 Å². The highest BCUT2D eigenvalue weighted by atomic mass is 16.4. The Balaban J connectivity index is 2.06. The van der Waals surface area contributed by atoms with Gasteiger partial charge in [0.1, 0.15) is 5.69 Å². The SMILES string of the molecule is C=C(O)CN1CCN(CC(=O)O)CCN(CC(=O)NCc2cn(C)nn2)CCN(CC(=O)O)CC1. The molecule has 35 heavy (non-hydrogen) atoms. The van der Waals surface area contributed by atoms with Crippen molar-refractivity contribution < 1.29 is 29.7 Å². The van der Waals surface area contributed by atoms with E-state index in [0.717, 1.165) is 0 Å². The van der Waals surface area contributed by atoms with Crippen molar-refractivity contribution in [1.82, 2.24) is 39.9 Å². The Morgan fingerprint density at radius 3 is 1.63 bits per heavy atom.